The number of aliphatic hydroxyl groups excluding tert-OH is 2. The lowest BCUT2D eigenvalue weighted by molar-refractivity contribution is -0.302. The van der Waals surface area contributed by atoms with Crippen molar-refractivity contribution in [1.82, 2.24) is 15.5 Å². The number of hydrogen-bond acceptors (Lipinski definition) is 14. The van der Waals surface area contributed by atoms with Crippen LogP contribution in [-0.4, -0.2) is 148 Å². The summed E-state index contributed by atoms with van der Waals surface area (Å²) in [4.78, 5) is 40.1. The Kier molecular flexibility index (Phi) is 15.1. The number of carbonyl (C=O) groups excluding carboxylic acids is 3. The van der Waals surface area contributed by atoms with Gasteiger partial charge in [-0.1, -0.05) is 0 Å². The first kappa shape index (κ1) is 44.8. The molecule has 18 heteroatoms. The number of nitrogens with two attached hydrogens (primary N) is 1. The van der Waals surface area contributed by atoms with Crippen LogP contribution in [0.15, 0.2) is 0 Å². The minimum Gasteiger partial charge on any atom is -0.444 e. The minimum absolute atomic E-state index is 0.00457. The molecule has 0 aromatic heterocycles. The average molecular weight is 767 g/mol. The van der Waals surface area contributed by atoms with Gasteiger partial charge in [-0.3, -0.25) is 0 Å². The minimum atomic E-state index is -1.58. The van der Waals surface area contributed by atoms with Crippen LogP contribution in [0.1, 0.15) is 94.9 Å². The standard InChI is InChI=1S/C35H63FN4O13/c1-32(2,3)51-29(43)38-21-12-11-19(17-40(14-13-36)31(45)53-34(7,8)9)48-27(21)50-26-22(39-30(44)52-33(4,5)6)15-20(37)25(24(26)42)49-28-23(41)16-35(10,46)18-47-28/h19-28,41-42,46H,11-18,37H2,1-10H3,(H,38,43)(H,39,44)/t19-,20+,21+,22-,23+,24+,25-,26+,27+,28+,35+/m0/s1. The van der Waals surface area contributed by atoms with E-state index in [-0.39, 0.29) is 39.0 Å². The Morgan fingerprint density at radius 3 is 1.94 bits per heavy atom. The van der Waals surface area contributed by atoms with Crippen LogP contribution >= 0.6 is 0 Å². The van der Waals surface area contributed by atoms with Crippen molar-refractivity contribution in [3.05, 3.63) is 0 Å². The van der Waals surface area contributed by atoms with Gasteiger partial charge in [-0.15, -0.1) is 0 Å². The number of alkyl halides is 1. The summed E-state index contributed by atoms with van der Waals surface area (Å²) in [5, 5.41) is 38.4. The number of carbonyl (C=O) groups is 3. The molecule has 3 fully saturated rings. The van der Waals surface area contributed by atoms with Crippen molar-refractivity contribution in [3.8, 4) is 0 Å². The summed E-state index contributed by atoms with van der Waals surface area (Å²) in [6.07, 6.45) is -10.5. The fraction of sp³-hybridized carbons (Fsp3) is 0.914. The summed E-state index contributed by atoms with van der Waals surface area (Å²) in [6, 6.07) is -2.75. The normalized spacial score (nSPS) is 34.1. The number of hydrogen-bond donors (Lipinski definition) is 6. The van der Waals surface area contributed by atoms with E-state index in [1.807, 2.05) is 0 Å². The second-order valence-corrected chi connectivity index (χ2v) is 17.4. The largest absolute Gasteiger partial charge is 0.444 e. The molecule has 0 aromatic carbocycles. The van der Waals surface area contributed by atoms with Crippen molar-refractivity contribution < 1.29 is 67.3 Å². The molecule has 0 aromatic rings. The number of nitrogens with zero attached hydrogens (tertiary/aromatic N) is 1. The van der Waals surface area contributed by atoms with Crippen molar-refractivity contribution in [2.45, 2.75) is 179 Å². The molecule has 308 valence electrons. The summed E-state index contributed by atoms with van der Waals surface area (Å²) < 4.78 is 54.4. The Balaban J connectivity index is 1.93. The predicted octanol–water partition coefficient (Wildman–Crippen LogP) is 2.21. The van der Waals surface area contributed by atoms with Gasteiger partial charge in [0.15, 0.2) is 12.6 Å². The van der Waals surface area contributed by atoms with Crippen LogP contribution in [0.5, 0.6) is 0 Å². The van der Waals surface area contributed by atoms with E-state index in [2.05, 4.69) is 10.6 Å². The Labute approximate surface area is 311 Å². The average Bonchev–Trinajstić information content (AvgIpc) is 2.96. The van der Waals surface area contributed by atoms with Gasteiger partial charge < -0.3 is 69.7 Å². The van der Waals surface area contributed by atoms with Crippen molar-refractivity contribution in [2.75, 3.05) is 26.4 Å². The zero-order chi connectivity index (χ0) is 40.1. The number of nitrogens with one attached hydrogen (secondary N) is 2. The fourth-order valence-electron chi connectivity index (χ4n) is 6.26. The van der Waals surface area contributed by atoms with Gasteiger partial charge >= 0.3 is 18.3 Å². The molecule has 3 aliphatic rings. The van der Waals surface area contributed by atoms with E-state index in [1.54, 1.807) is 62.3 Å². The first-order chi connectivity index (χ1) is 24.3. The number of amides is 3. The van der Waals surface area contributed by atoms with Crippen LogP contribution < -0.4 is 16.4 Å². The number of ether oxygens (including phenoxy) is 7. The second-order valence-electron chi connectivity index (χ2n) is 17.4. The highest BCUT2D eigenvalue weighted by Crippen LogP contribution is 2.33. The van der Waals surface area contributed by atoms with Gasteiger partial charge in [-0.2, -0.15) is 0 Å². The third kappa shape index (κ3) is 14.5. The van der Waals surface area contributed by atoms with Gasteiger partial charge in [0.1, 0.15) is 47.9 Å². The third-order valence-corrected chi connectivity index (χ3v) is 8.41. The number of halogens is 1. The van der Waals surface area contributed by atoms with Gasteiger partial charge in [0.2, 0.25) is 0 Å². The molecule has 3 amide bonds. The molecule has 0 spiro atoms. The number of aliphatic hydroxyl groups is 3. The van der Waals surface area contributed by atoms with Gasteiger partial charge in [0.25, 0.3) is 0 Å². The summed E-state index contributed by atoms with van der Waals surface area (Å²) in [7, 11) is 0. The first-order valence-electron chi connectivity index (χ1n) is 18.2. The molecule has 7 N–H and O–H groups in total. The van der Waals surface area contributed by atoms with Gasteiger partial charge in [-0.25, -0.2) is 18.8 Å². The second kappa shape index (κ2) is 17.9. The summed E-state index contributed by atoms with van der Waals surface area (Å²) in [5.74, 6) is 0. The lowest BCUT2D eigenvalue weighted by Crippen LogP contribution is -2.67. The zero-order valence-corrected chi connectivity index (χ0v) is 32.8. The van der Waals surface area contributed by atoms with Crippen molar-refractivity contribution in [2.24, 2.45) is 5.73 Å². The molecule has 11 atom stereocenters. The lowest BCUT2D eigenvalue weighted by Gasteiger charge is -2.48. The SMILES string of the molecule is CC(C)(C)OC(=O)N[C@H]1C[C@@H](N)[C@H](O[C@H]2OC[C@](C)(O)C[C@H]2O)[C@@H](O)[C@@H]1O[C@H]1O[C@H](CN(CCF)C(=O)OC(C)(C)C)CC[C@H]1NC(=O)OC(C)(C)C. The van der Waals surface area contributed by atoms with Crippen LogP contribution in [0.3, 0.4) is 0 Å². The molecule has 1 saturated carbocycles. The Morgan fingerprint density at radius 2 is 1.42 bits per heavy atom. The molecule has 2 saturated heterocycles. The summed E-state index contributed by atoms with van der Waals surface area (Å²) in [6.45, 7) is 15.4. The molecular weight excluding hydrogens is 703 g/mol. The van der Waals surface area contributed by atoms with E-state index in [9.17, 15) is 34.1 Å². The van der Waals surface area contributed by atoms with E-state index in [0.29, 0.717) is 6.42 Å². The quantitative estimate of drug-likeness (QED) is 0.175. The molecule has 53 heavy (non-hydrogen) atoms. The molecule has 0 radical (unpaired) electrons. The van der Waals surface area contributed by atoms with Crippen molar-refractivity contribution in [1.29, 1.82) is 0 Å². The fourth-order valence-corrected chi connectivity index (χ4v) is 6.26. The number of alkyl carbamates (subject to hydrolysis) is 2. The monoisotopic (exact) mass is 766 g/mol. The zero-order valence-electron chi connectivity index (χ0n) is 32.8. The molecule has 0 bridgehead atoms. The molecule has 17 nitrogen and oxygen atoms in total. The number of rotatable bonds is 10. The lowest BCUT2D eigenvalue weighted by atomic mass is 9.83. The van der Waals surface area contributed by atoms with Crippen molar-refractivity contribution >= 4 is 18.3 Å². The highest BCUT2D eigenvalue weighted by Gasteiger charge is 2.50. The van der Waals surface area contributed by atoms with Gasteiger partial charge in [0.05, 0.1) is 43.5 Å². The van der Waals surface area contributed by atoms with Gasteiger partial charge in [-0.05, 0) is 88.5 Å². The van der Waals surface area contributed by atoms with Gasteiger partial charge in [0, 0.05) is 12.5 Å². The first-order valence-corrected chi connectivity index (χ1v) is 18.2. The molecule has 2 aliphatic heterocycles. The van der Waals surface area contributed by atoms with Crippen molar-refractivity contribution in [3.63, 3.8) is 0 Å². The summed E-state index contributed by atoms with van der Waals surface area (Å²) >= 11 is 0. The molecule has 3 rings (SSSR count). The maximum Gasteiger partial charge on any atom is 0.410 e. The van der Waals surface area contributed by atoms with Crippen LogP contribution in [0, 0.1) is 0 Å². The predicted molar refractivity (Wildman–Crippen MR) is 187 cm³/mol. The molecule has 1 aliphatic carbocycles. The van der Waals surface area contributed by atoms with Crippen LogP contribution in [0.2, 0.25) is 0 Å². The smallest absolute Gasteiger partial charge is 0.410 e. The Hall–Kier alpha value is -2.58. The van der Waals surface area contributed by atoms with E-state index in [4.69, 9.17) is 38.9 Å². The Morgan fingerprint density at radius 1 is 0.868 bits per heavy atom. The molecular formula is C35H63FN4O13. The van der Waals surface area contributed by atoms with E-state index in [0.717, 1.165) is 0 Å². The third-order valence-electron chi connectivity index (χ3n) is 8.41. The highest BCUT2D eigenvalue weighted by atomic mass is 19.1. The van der Waals surface area contributed by atoms with Crippen LogP contribution in [0.4, 0.5) is 18.8 Å². The van der Waals surface area contributed by atoms with E-state index < -0.39 is 109 Å². The molecule has 2 heterocycles. The van der Waals surface area contributed by atoms with Crippen LogP contribution in [-0.2, 0) is 33.2 Å². The van der Waals surface area contributed by atoms with Crippen LogP contribution in [0.25, 0.3) is 0 Å². The van der Waals surface area contributed by atoms with E-state index >= 15 is 0 Å². The molecule has 0 unspecified atom stereocenters. The topological polar surface area (TPSA) is 230 Å². The Bertz CT molecular complexity index is 1220. The highest BCUT2D eigenvalue weighted by molar-refractivity contribution is 5.69. The maximum absolute atomic E-state index is 13.6. The maximum atomic E-state index is 13.6. The summed E-state index contributed by atoms with van der Waals surface area (Å²) in [5.41, 5.74) is 2.67. The van der Waals surface area contributed by atoms with E-state index in [1.165, 1.54) is 11.8 Å².